The third-order valence-corrected chi connectivity index (χ3v) is 3.43. The Kier molecular flexibility index (Phi) is 4.61. The highest BCUT2D eigenvalue weighted by molar-refractivity contribution is 5.90. The van der Waals surface area contributed by atoms with E-state index in [9.17, 15) is 22.8 Å². The van der Waals surface area contributed by atoms with E-state index in [4.69, 9.17) is 4.42 Å². The fraction of sp³-hybridized carbons (Fsp3) is 0.118. The van der Waals surface area contributed by atoms with Crippen molar-refractivity contribution in [2.24, 2.45) is 0 Å². The Morgan fingerprint density at radius 3 is 2.46 bits per heavy atom. The fourth-order valence-electron chi connectivity index (χ4n) is 2.20. The Bertz CT molecular complexity index is 961. The van der Waals surface area contributed by atoms with Crippen molar-refractivity contribution in [1.82, 2.24) is 9.78 Å². The Hall–Kier alpha value is -3.36. The second-order valence-corrected chi connectivity index (χ2v) is 5.32. The zero-order chi connectivity index (χ0) is 18.7. The van der Waals surface area contributed by atoms with Gasteiger partial charge in [-0.3, -0.25) is 9.59 Å². The molecule has 0 saturated carbocycles. The molecule has 0 fully saturated rings. The number of carbonyl (C=O) groups is 1. The topological polar surface area (TPSA) is 77.1 Å². The summed E-state index contributed by atoms with van der Waals surface area (Å²) in [6.07, 6.45) is -3.00. The first-order valence-corrected chi connectivity index (χ1v) is 7.42. The quantitative estimate of drug-likeness (QED) is 0.772. The Labute approximate surface area is 144 Å². The average molecular weight is 363 g/mol. The normalized spacial score (nSPS) is 11.3. The molecular formula is C17H12F3N3O3. The lowest BCUT2D eigenvalue weighted by Crippen LogP contribution is -2.29. The lowest BCUT2D eigenvalue weighted by Gasteiger charge is -2.09. The molecule has 0 aliphatic rings. The summed E-state index contributed by atoms with van der Waals surface area (Å²) >= 11 is 0. The third kappa shape index (κ3) is 4.00. The van der Waals surface area contributed by atoms with Gasteiger partial charge in [-0.25, -0.2) is 4.68 Å². The van der Waals surface area contributed by atoms with Crippen LogP contribution in [-0.4, -0.2) is 15.7 Å². The molecule has 9 heteroatoms. The Morgan fingerprint density at radius 2 is 1.85 bits per heavy atom. The van der Waals surface area contributed by atoms with Gasteiger partial charge in [0.25, 0.3) is 5.56 Å². The smallest absolute Gasteiger partial charge is 0.416 e. The van der Waals surface area contributed by atoms with Crippen molar-refractivity contribution in [3.63, 3.8) is 0 Å². The number of aromatic nitrogens is 2. The van der Waals surface area contributed by atoms with Crippen LogP contribution >= 0.6 is 0 Å². The lowest BCUT2D eigenvalue weighted by molar-refractivity contribution is -0.137. The maximum Gasteiger partial charge on any atom is 0.416 e. The van der Waals surface area contributed by atoms with E-state index < -0.39 is 29.8 Å². The molecule has 26 heavy (non-hydrogen) atoms. The SMILES string of the molecule is O=C(Cn1nc(-c2ccco2)ccc1=O)Nc1ccc(C(F)(F)F)cc1. The second-order valence-electron chi connectivity index (χ2n) is 5.32. The van der Waals surface area contributed by atoms with Crippen LogP contribution in [0, 0.1) is 0 Å². The number of hydrogen-bond donors (Lipinski definition) is 1. The molecule has 6 nitrogen and oxygen atoms in total. The molecule has 0 aliphatic heterocycles. The van der Waals surface area contributed by atoms with Gasteiger partial charge in [0, 0.05) is 11.8 Å². The van der Waals surface area contributed by atoms with E-state index in [1.807, 2.05) is 0 Å². The highest BCUT2D eigenvalue weighted by Gasteiger charge is 2.29. The molecule has 0 unspecified atom stereocenters. The van der Waals surface area contributed by atoms with Crippen LogP contribution in [0.15, 0.2) is 64.0 Å². The van der Waals surface area contributed by atoms with Gasteiger partial charge in [0.1, 0.15) is 12.2 Å². The molecule has 0 spiro atoms. The summed E-state index contributed by atoms with van der Waals surface area (Å²) in [6, 6.07) is 10.0. The number of carbonyl (C=O) groups excluding carboxylic acids is 1. The van der Waals surface area contributed by atoms with E-state index >= 15 is 0 Å². The van der Waals surface area contributed by atoms with Crippen molar-refractivity contribution in [2.45, 2.75) is 12.7 Å². The number of amides is 1. The molecule has 3 rings (SSSR count). The molecule has 134 valence electrons. The summed E-state index contributed by atoms with van der Waals surface area (Å²) in [7, 11) is 0. The van der Waals surface area contributed by atoms with Crippen LogP contribution in [-0.2, 0) is 17.5 Å². The molecule has 1 aromatic carbocycles. The molecule has 3 aromatic rings. The first-order chi connectivity index (χ1) is 12.3. The largest absolute Gasteiger partial charge is 0.463 e. The molecule has 2 aromatic heterocycles. The van der Waals surface area contributed by atoms with Gasteiger partial charge < -0.3 is 9.73 Å². The monoisotopic (exact) mass is 363 g/mol. The summed E-state index contributed by atoms with van der Waals surface area (Å²) < 4.78 is 43.7. The van der Waals surface area contributed by atoms with E-state index in [1.54, 1.807) is 12.1 Å². The number of hydrogen-bond acceptors (Lipinski definition) is 4. The maximum absolute atomic E-state index is 12.5. The van der Waals surface area contributed by atoms with Crippen molar-refractivity contribution in [1.29, 1.82) is 0 Å². The van der Waals surface area contributed by atoms with Crippen LogP contribution in [0.3, 0.4) is 0 Å². The number of benzene rings is 1. The summed E-state index contributed by atoms with van der Waals surface area (Å²) in [5.41, 5.74) is -0.766. The van der Waals surface area contributed by atoms with Crippen LogP contribution in [0.5, 0.6) is 0 Å². The minimum Gasteiger partial charge on any atom is -0.463 e. The highest BCUT2D eigenvalue weighted by Crippen LogP contribution is 2.29. The molecule has 0 aliphatic carbocycles. The Balaban J connectivity index is 1.72. The van der Waals surface area contributed by atoms with Crippen molar-refractivity contribution in [3.05, 3.63) is 70.7 Å². The summed E-state index contributed by atoms with van der Waals surface area (Å²) in [5.74, 6) is -0.169. The zero-order valence-electron chi connectivity index (χ0n) is 13.2. The van der Waals surface area contributed by atoms with Crippen LogP contribution < -0.4 is 10.9 Å². The van der Waals surface area contributed by atoms with Crippen LogP contribution in [0.4, 0.5) is 18.9 Å². The molecule has 0 radical (unpaired) electrons. The van der Waals surface area contributed by atoms with E-state index in [1.165, 1.54) is 18.4 Å². The number of anilines is 1. The fourth-order valence-corrected chi connectivity index (χ4v) is 2.20. The number of furan rings is 1. The van der Waals surface area contributed by atoms with Gasteiger partial charge in [-0.2, -0.15) is 18.3 Å². The molecule has 1 amide bonds. The first kappa shape index (κ1) is 17.5. The molecule has 0 atom stereocenters. The summed E-state index contributed by atoms with van der Waals surface area (Å²) in [5, 5.41) is 6.46. The minimum atomic E-state index is -4.45. The summed E-state index contributed by atoms with van der Waals surface area (Å²) in [6.45, 7) is -0.394. The predicted octanol–water partition coefficient (Wildman–Crippen LogP) is 3.16. The zero-order valence-corrected chi connectivity index (χ0v) is 13.2. The van der Waals surface area contributed by atoms with Gasteiger partial charge in [0.2, 0.25) is 5.91 Å². The molecule has 1 N–H and O–H groups in total. The van der Waals surface area contributed by atoms with Crippen LogP contribution in [0.25, 0.3) is 11.5 Å². The predicted molar refractivity (Wildman–Crippen MR) is 86.3 cm³/mol. The van der Waals surface area contributed by atoms with Gasteiger partial charge in [0.05, 0.1) is 11.8 Å². The van der Waals surface area contributed by atoms with E-state index in [0.29, 0.717) is 11.5 Å². The van der Waals surface area contributed by atoms with Crippen molar-refractivity contribution < 1.29 is 22.4 Å². The third-order valence-electron chi connectivity index (χ3n) is 3.43. The number of nitrogens with zero attached hydrogens (tertiary/aromatic N) is 2. The standard InChI is InChI=1S/C17H12F3N3O3/c18-17(19,20)11-3-5-12(6-4-11)21-15(24)10-23-16(25)8-7-13(22-23)14-2-1-9-26-14/h1-9H,10H2,(H,21,24). The van der Waals surface area contributed by atoms with Gasteiger partial charge in [0.15, 0.2) is 5.76 Å². The van der Waals surface area contributed by atoms with E-state index in [2.05, 4.69) is 10.4 Å². The van der Waals surface area contributed by atoms with Crippen molar-refractivity contribution in [2.75, 3.05) is 5.32 Å². The lowest BCUT2D eigenvalue weighted by atomic mass is 10.2. The van der Waals surface area contributed by atoms with E-state index in [-0.39, 0.29) is 5.69 Å². The second kappa shape index (κ2) is 6.87. The molecule has 2 heterocycles. The maximum atomic E-state index is 12.5. The van der Waals surface area contributed by atoms with E-state index in [0.717, 1.165) is 28.9 Å². The van der Waals surface area contributed by atoms with Gasteiger partial charge in [-0.05, 0) is 42.5 Å². The van der Waals surface area contributed by atoms with Gasteiger partial charge >= 0.3 is 6.18 Å². The molecule has 0 saturated heterocycles. The Morgan fingerprint density at radius 1 is 1.12 bits per heavy atom. The minimum absolute atomic E-state index is 0.179. The van der Waals surface area contributed by atoms with Crippen molar-refractivity contribution in [3.8, 4) is 11.5 Å². The number of rotatable bonds is 4. The first-order valence-electron chi connectivity index (χ1n) is 7.42. The number of alkyl halides is 3. The average Bonchev–Trinajstić information content (AvgIpc) is 3.11. The molecule has 0 bridgehead atoms. The number of halogens is 3. The highest BCUT2D eigenvalue weighted by atomic mass is 19.4. The van der Waals surface area contributed by atoms with Crippen molar-refractivity contribution >= 4 is 11.6 Å². The van der Waals surface area contributed by atoms with Crippen LogP contribution in [0.2, 0.25) is 0 Å². The van der Waals surface area contributed by atoms with Gasteiger partial charge in [-0.1, -0.05) is 0 Å². The number of nitrogens with one attached hydrogen (secondary N) is 1. The summed E-state index contributed by atoms with van der Waals surface area (Å²) in [4.78, 5) is 23.9. The van der Waals surface area contributed by atoms with Gasteiger partial charge in [-0.15, -0.1) is 0 Å². The van der Waals surface area contributed by atoms with Crippen LogP contribution in [0.1, 0.15) is 5.56 Å². The molecular weight excluding hydrogens is 351 g/mol.